The molecule has 30 heavy (non-hydrogen) atoms. The first-order chi connectivity index (χ1) is 14.4. The normalized spacial score (nSPS) is 11.7. The lowest BCUT2D eigenvalue weighted by Crippen LogP contribution is -2.08. The third-order valence-corrected chi connectivity index (χ3v) is 5.39. The van der Waals surface area contributed by atoms with E-state index in [2.05, 4.69) is 24.4 Å². The highest BCUT2D eigenvalue weighted by molar-refractivity contribution is 6.04. The van der Waals surface area contributed by atoms with Crippen LogP contribution in [0.15, 0.2) is 46.9 Å². The van der Waals surface area contributed by atoms with E-state index in [1.165, 1.54) is 18.4 Å². The summed E-state index contributed by atoms with van der Waals surface area (Å²) in [6.45, 7) is 10.6. The third kappa shape index (κ3) is 4.93. The molecule has 1 heterocycles. The Morgan fingerprint density at radius 3 is 2.53 bits per heavy atom. The minimum Gasteiger partial charge on any atom is -0.493 e. The molecule has 0 spiro atoms. The summed E-state index contributed by atoms with van der Waals surface area (Å²) in [5.41, 5.74) is 5.74. The molecule has 0 aliphatic carbocycles. The van der Waals surface area contributed by atoms with Crippen molar-refractivity contribution in [3.63, 3.8) is 0 Å². The fourth-order valence-electron chi connectivity index (χ4n) is 3.54. The van der Waals surface area contributed by atoms with Crippen LogP contribution in [0.4, 0.5) is 5.69 Å². The SMILES string of the molecule is CCCCc1ccc(NC(=O)/C=C(\C)c2cc3c(C)c(C)oc3cc2OCC)cc1. The van der Waals surface area contributed by atoms with Crippen LogP contribution in [0.25, 0.3) is 16.5 Å². The predicted molar refractivity (Wildman–Crippen MR) is 124 cm³/mol. The predicted octanol–water partition coefficient (Wildman–Crippen LogP) is 6.83. The highest BCUT2D eigenvalue weighted by Crippen LogP contribution is 2.35. The lowest BCUT2D eigenvalue weighted by Gasteiger charge is -2.11. The van der Waals surface area contributed by atoms with Crippen molar-refractivity contribution in [3.8, 4) is 5.75 Å². The summed E-state index contributed by atoms with van der Waals surface area (Å²) in [4.78, 5) is 12.6. The number of carbonyl (C=O) groups is 1. The molecule has 1 aromatic heterocycles. The van der Waals surface area contributed by atoms with Crippen LogP contribution in [0.2, 0.25) is 0 Å². The Bertz CT molecular complexity index is 1060. The Morgan fingerprint density at radius 2 is 1.87 bits per heavy atom. The van der Waals surface area contributed by atoms with Gasteiger partial charge in [0.25, 0.3) is 0 Å². The van der Waals surface area contributed by atoms with Gasteiger partial charge in [-0.05, 0) is 75.4 Å². The molecule has 1 N–H and O–H groups in total. The van der Waals surface area contributed by atoms with E-state index < -0.39 is 0 Å². The third-order valence-electron chi connectivity index (χ3n) is 5.39. The van der Waals surface area contributed by atoms with Crippen LogP contribution in [-0.4, -0.2) is 12.5 Å². The Morgan fingerprint density at radius 1 is 1.13 bits per heavy atom. The van der Waals surface area contributed by atoms with E-state index in [0.717, 1.165) is 51.3 Å². The standard InChI is InChI=1S/C26H31NO3/c1-6-8-9-20-10-12-21(13-11-20)27-26(28)14-17(3)22-15-23-18(4)19(5)30-25(23)16-24(22)29-7-2/h10-16H,6-9H2,1-5H3,(H,27,28)/b17-14+. The molecule has 4 heteroatoms. The van der Waals surface area contributed by atoms with Crippen LogP contribution in [0, 0.1) is 13.8 Å². The number of ether oxygens (including phenoxy) is 1. The van der Waals surface area contributed by atoms with Gasteiger partial charge in [0, 0.05) is 28.8 Å². The molecule has 0 aliphatic heterocycles. The van der Waals surface area contributed by atoms with E-state index in [9.17, 15) is 4.79 Å². The molecule has 4 nitrogen and oxygen atoms in total. The molecular weight excluding hydrogens is 374 g/mol. The quantitative estimate of drug-likeness (QED) is 0.418. The lowest BCUT2D eigenvalue weighted by molar-refractivity contribution is -0.111. The van der Waals surface area contributed by atoms with Gasteiger partial charge in [0.2, 0.25) is 5.91 Å². The second-order valence-corrected chi connectivity index (χ2v) is 7.68. The second kappa shape index (κ2) is 9.66. The molecular formula is C26H31NO3. The maximum absolute atomic E-state index is 12.6. The summed E-state index contributed by atoms with van der Waals surface area (Å²) < 4.78 is 11.7. The number of rotatable bonds is 8. The number of furan rings is 1. The number of allylic oxidation sites excluding steroid dienone is 1. The Kier molecular flexibility index (Phi) is 6.99. The number of nitrogens with one attached hydrogen (secondary N) is 1. The first-order valence-electron chi connectivity index (χ1n) is 10.7. The zero-order valence-corrected chi connectivity index (χ0v) is 18.6. The monoisotopic (exact) mass is 405 g/mol. The number of amides is 1. The zero-order valence-electron chi connectivity index (χ0n) is 18.6. The number of aryl methyl sites for hydroxylation is 3. The number of hydrogen-bond acceptors (Lipinski definition) is 3. The molecule has 0 saturated heterocycles. The van der Waals surface area contributed by atoms with Crippen molar-refractivity contribution in [3.05, 3.63) is 64.9 Å². The van der Waals surface area contributed by atoms with Gasteiger partial charge in [-0.25, -0.2) is 0 Å². The fourth-order valence-corrected chi connectivity index (χ4v) is 3.54. The highest BCUT2D eigenvalue weighted by Gasteiger charge is 2.14. The van der Waals surface area contributed by atoms with Crippen molar-refractivity contribution in [2.45, 2.75) is 53.9 Å². The van der Waals surface area contributed by atoms with Crippen molar-refractivity contribution in [1.29, 1.82) is 0 Å². The number of carbonyl (C=O) groups excluding carboxylic acids is 1. The first-order valence-corrected chi connectivity index (χ1v) is 10.7. The van der Waals surface area contributed by atoms with Gasteiger partial charge in [0.05, 0.1) is 6.61 Å². The molecule has 0 radical (unpaired) electrons. The molecule has 0 fully saturated rings. The van der Waals surface area contributed by atoms with Crippen molar-refractivity contribution >= 4 is 28.1 Å². The molecule has 0 saturated carbocycles. The average molecular weight is 406 g/mol. The summed E-state index contributed by atoms with van der Waals surface area (Å²) in [5, 5.41) is 4.00. The van der Waals surface area contributed by atoms with Gasteiger partial charge < -0.3 is 14.5 Å². The van der Waals surface area contributed by atoms with Gasteiger partial charge >= 0.3 is 0 Å². The van der Waals surface area contributed by atoms with Gasteiger partial charge in [0.1, 0.15) is 17.1 Å². The number of fused-ring (bicyclic) bond motifs is 1. The number of hydrogen-bond donors (Lipinski definition) is 1. The van der Waals surface area contributed by atoms with E-state index in [1.807, 2.05) is 52.0 Å². The molecule has 3 rings (SSSR count). The van der Waals surface area contributed by atoms with Gasteiger partial charge in [-0.15, -0.1) is 0 Å². The molecule has 2 aromatic carbocycles. The molecule has 0 atom stereocenters. The number of anilines is 1. The Balaban J connectivity index is 1.82. The number of benzene rings is 2. The van der Waals surface area contributed by atoms with E-state index in [-0.39, 0.29) is 5.91 Å². The Hall–Kier alpha value is -3.01. The van der Waals surface area contributed by atoms with Gasteiger partial charge in [0.15, 0.2) is 0 Å². The van der Waals surface area contributed by atoms with Crippen LogP contribution in [0.3, 0.4) is 0 Å². The average Bonchev–Trinajstić information content (AvgIpc) is 3.00. The van der Waals surface area contributed by atoms with E-state index in [0.29, 0.717) is 6.61 Å². The van der Waals surface area contributed by atoms with Crippen LogP contribution in [-0.2, 0) is 11.2 Å². The maximum Gasteiger partial charge on any atom is 0.248 e. The number of unbranched alkanes of at least 4 members (excludes halogenated alkanes) is 1. The summed E-state index contributed by atoms with van der Waals surface area (Å²) in [7, 11) is 0. The van der Waals surface area contributed by atoms with E-state index in [1.54, 1.807) is 6.08 Å². The summed E-state index contributed by atoms with van der Waals surface area (Å²) >= 11 is 0. The first kappa shape index (κ1) is 21.7. The molecule has 1 amide bonds. The molecule has 158 valence electrons. The zero-order chi connectivity index (χ0) is 21.7. The van der Waals surface area contributed by atoms with Gasteiger partial charge in [-0.3, -0.25) is 4.79 Å². The van der Waals surface area contributed by atoms with Crippen LogP contribution in [0.1, 0.15) is 56.1 Å². The maximum atomic E-state index is 12.6. The van der Waals surface area contributed by atoms with Gasteiger partial charge in [-0.1, -0.05) is 25.5 Å². The van der Waals surface area contributed by atoms with Crippen LogP contribution >= 0.6 is 0 Å². The minimum atomic E-state index is -0.156. The Labute approximate surface area is 178 Å². The minimum absolute atomic E-state index is 0.156. The lowest BCUT2D eigenvalue weighted by atomic mass is 10.0. The smallest absolute Gasteiger partial charge is 0.248 e. The van der Waals surface area contributed by atoms with Crippen molar-refractivity contribution in [2.24, 2.45) is 0 Å². The summed E-state index contributed by atoms with van der Waals surface area (Å²) in [6.07, 6.45) is 5.04. The molecule has 0 aliphatic rings. The van der Waals surface area contributed by atoms with Crippen molar-refractivity contribution in [1.82, 2.24) is 0 Å². The van der Waals surface area contributed by atoms with Crippen LogP contribution < -0.4 is 10.1 Å². The van der Waals surface area contributed by atoms with E-state index >= 15 is 0 Å². The van der Waals surface area contributed by atoms with Gasteiger partial charge in [-0.2, -0.15) is 0 Å². The van der Waals surface area contributed by atoms with Crippen molar-refractivity contribution < 1.29 is 13.9 Å². The molecule has 3 aromatic rings. The summed E-state index contributed by atoms with van der Waals surface area (Å²) in [5.74, 6) is 1.46. The second-order valence-electron chi connectivity index (χ2n) is 7.68. The molecule has 0 bridgehead atoms. The van der Waals surface area contributed by atoms with Crippen LogP contribution in [0.5, 0.6) is 5.75 Å². The summed E-state index contributed by atoms with van der Waals surface area (Å²) in [6, 6.07) is 12.0. The highest BCUT2D eigenvalue weighted by atomic mass is 16.5. The topological polar surface area (TPSA) is 51.5 Å². The fraction of sp³-hybridized carbons (Fsp3) is 0.346. The molecule has 0 unspecified atom stereocenters. The van der Waals surface area contributed by atoms with E-state index in [4.69, 9.17) is 9.15 Å². The van der Waals surface area contributed by atoms with Crippen molar-refractivity contribution in [2.75, 3.05) is 11.9 Å². The largest absolute Gasteiger partial charge is 0.493 e.